The van der Waals surface area contributed by atoms with E-state index >= 15 is 0 Å². The number of nitrogens with zero attached hydrogens (tertiary/aromatic N) is 1. The first kappa shape index (κ1) is 15.5. The van der Waals surface area contributed by atoms with Gasteiger partial charge in [-0.25, -0.2) is 0 Å². The molecule has 4 rings (SSSR count). The first-order valence-electron chi connectivity index (χ1n) is 9.76. The molecule has 1 aromatic carbocycles. The van der Waals surface area contributed by atoms with Crippen LogP contribution in [0.25, 0.3) is 0 Å². The number of likely N-dealkylation sites (tertiary alicyclic amines) is 1. The lowest BCUT2D eigenvalue weighted by Crippen LogP contribution is -2.35. The molecule has 1 heterocycles. The number of hydrogen-bond donors (Lipinski definition) is 0. The van der Waals surface area contributed by atoms with Crippen LogP contribution in [0.1, 0.15) is 68.4 Å². The summed E-state index contributed by atoms with van der Waals surface area (Å²) in [6.07, 6.45) is 12.7. The standard InChI is InChI=1S/C21H31NO/c1-23-21-10-4-9-17-18-13-15-22(20(18)12-11-19(17)21)14-5-8-16-6-2-3-7-16/h4,9-10,16,18,20H,2-3,5-8,11-15H2,1H3. The van der Waals surface area contributed by atoms with Crippen LogP contribution in [0.3, 0.4) is 0 Å². The van der Waals surface area contributed by atoms with Gasteiger partial charge in [-0.05, 0) is 68.3 Å². The second-order valence-corrected chi connectivity index (χ2v) is 7.86. The Hall–Kier alpha value is -1.02. The van der Waals surface area contributed by atoms with Gasteiger partial charge in [-0.3, -0.25) is 4.90 Å². The van der Waals surface area contributed by atoms with Crippen molar-refractivity contribution in [1.82, 2.24) is 4.90 Å². The monoisotopic (exact) mass is 313 g/mol. The summed E-state index contributed by atoms with van der Waals surface area (Å²) < 4.78 is 5.60. The third-order valence-corrected chi connectivity index (χ3v) is 6.67. The maximum absolute atomic E-state index is 5.60. The number of ether oxygens (including phenoxy) is 1. The SMILES string of the molecule is COc1cccc2c1CCC1C2CCN1CCCC1CCCC1. The summed E-state index contributed by atoms with van der Waals surface area (Å²) in [5.74, 6) is 2.91. The molecule has 2 atom stereocenters. The van der Waals surface area contributed by atoms with Crippen LogP contribution >= 0.6 is 0 Å². The van der Waals surface area contributed by atoms with Crippen molar-refractivity contribution in [2.24, 2.45) is 5.92 Å². The maximum Gasteiger partial charge on any atom is 0.122 e. The van der Waals surface area contributed by atoms with Gasteiger partial charge in [0.15, 0.2) is 0 Å². The van der Waals surface area contributed by atoms with Gasteiger partial charge in [0, 0.05) is 12.0 Å². The van der Waals surface area contributed by atoms with Gasteiger partial charge in [0.05, 0.1) is 7.11 Å². The fourth-order valence-electron chi connectivity index (χ4n) is 5.50. The van der Waals surface area contributed by atoms with E-state index in [0.717, 1.165) is 23.6 Å². The van der Waals surface area contributed by atoms with Gasteiger partial charge < -0.3 is 4.74 Å². The van der Waals surface area contributed by atoms with Crippen molar-refractivity contribution < 1.29 is 4.74 Å². The zero-order valence-electron chi connectivity index (χ0n) is 14.6. The van der Waals surface area contributed by atoms with Gasteiger partial charge in [-0.2, -0.15) is 0 Å². The molecule has 2 heteroatoms. The van der Waals surface area contributed by atoms with Crippen molar-refractivity contribution in [3.63, 3.8) is 0 Å². The molecule has 2 unspecified atom stereocenters. The molecular weight excluding hydrogens is 282 g/mol. The summed E-state index contributed by atoms with van der Waals surface area (Å²) in [7, 11) is 1.81. The lowest BCUT2D eigenvalue weighted by molar-refractivity contribution is 0.217. The highest BCUT2D eigenvalue weighted by Gasteiger charge is 2.39. The largest absolute Gasteiger partial charge is 0.496 e. The van der Waals surface area contributed by atoms with E-state index in [1.54, 1.807) is 5.56 Å². The highest BCUT2D eigenvalue weighted by Crippen LogP contribution is 2.44. The molecule has 0 bridgehead atoms. The number of benzene rings is 1. The fourth-order valence-corrected chi connectivity index (χ4v) is 5.50. The van der Waals surface area contributed by atoms with Crippen molar-refractivity contribution >= 4 is 0 Å². The molecule has 1 aromatic rings. The first-order valence-corrected chi connectivity index (χ1v) is 9.76. The molecule has 126 valence electrons. The van der Waals surface area contributed by atoms with Gasteiger partial charge in [-0.1, -0.05) is 37.8 Å². The molecule has 23 heavy (non-hydrogen) atoms. The predicted octanol–water partition coefficient (Wildman–Crippen LogP) is 4.77. The Morgan fingerprint density at radius 3 is 2.83 bits per heavy atom. The van der Waals surface area contributed by atoms with Crippen molar-refractivity contribution in [1.29, 1.82) is 0 Å². The summed E-state index contributed by atoms with van der Waals surface area (Å²) in [6.45, 7) is 2.63. The quantitative estimate of drug-likeness (QED) is 0.776. The van der Waals surface area contributed by atoms with E-state index in [4.69, 9.17) is 4.74 Å². The van der Waals surface area contributed by atoms with Crippen molar-refractivity contribution in [2.45, 2.75) is 69.7 Å². The average molecular weight is 313 g/mol. The summed E-state index contributed by atoms with van der Waals surface area (Å²) in [5, 5.41) is 0. The minimum Gasteiger partial charge on any atom is -0.496 e. The Kier molecular flexibility index (Phi) is 4.61. The predicted molar refractivity (Wildman–Crippen MR) is 95.2 cm³/mol. The maximum atomic E-state index is 5.60. The molecule has 0 N–H and O–H groups in total. The first-order chi connectivity index (χ1) is 11.4. The molecule has 0 spiro atoms. The average Bonchev–Trinajstić information content (AvgIpc) is 3.24. The zero-order valence-corrected chi connectivity index (χ0v) is 14.6. The minimum atomic E-state index is 0.750. The van der Waals surface area contributed by atoms with Gasteiger partial charge in [-0.15, -0.1) is 0 Å². The molecule has 2 aliphatic carbocycles. The normalized spacial score (nSPS) is 27.9. The molecule has 2 fully saturated rings. The Labute approximate surface area is 141 Å². The van der Waals surface area contributed by atoms with Gasteiger partial charge in [0.25, 0.3) is 0 Å². The van der Waals surface area contributed by atoms with Crippen molar-refractivity contribution in [3.8, 4) is 5.75 Å². The van der Waals surface area contributed by atoms with E-state index in [1.165, 1.54) is 76.4 Å². The van der Waals surface area contributed by atoms with Crippen LogP contribution in [0.2, 0.25) is 0 Å². The van der Waals surface area contributed by atoms with E-state index in [1.807, 2.05) is 7.11 Å². The molecular formula is C21H31NO. The Balaban J connectivity index is 1.39. The lowest BCUT2D eigenvalue weighted by Gasteiger charge is -2.34. The lowest BCUT2D eigenvalue weighted by atomic mass is 9.79. The van der Waals surface area contributed by atoms with Crippen molar-refractivity contribution in [3.05, 3.63) is 29.3 Å². The number of methoxy groups -OCH3 is 1. The third-order valence-electron chi connectivity index (χ3n) is 6.67. The molecule has 1 saturated heterocycles. The fraction of sp³-hybridized carbons (Fsp3) is 0.714. The van der Waals surface area contributed by atoms with Crippen LogP contribution in [0.5, 0.6) is 5.75 Å². The molecule has 1 saturated carbocycles. The van der Waals surface area contributed by atoms with Crippen LogP contribution in [0.4, 0.5) is 0 Å². The molecule has 3 aliphatic rings. The minimum absolute atomic E-state index is 0.750. The smallest absolute Gasteiger partial charge is 0.122 e. The van der Waals surface area contributed by atoms with E-state index in [2.05, 4.69) is 23.1 Å². The van der Waals surface area contributed by atoms with Crippen LogP contribution in [0.15, 0.2) is 18.2 Å². The van der Waals surface area contributed by atoms with Crippen LogP contribution in [0, 0.1) is 5.92 Å². The topological polar surface area (TPSA) is 12.5 Å². The Bertz CT molecular complexity index is 535. The van der Waals surface area contributed by atoms with E-state index in [9.17, 15) is 0 Å². The number of fused-ring (bicyclic) bond motifs is 3. The van der Waals surface area contributed by atoms with Gasteiger partial charge in [0.2, 0.25) is 0 Å². The summed E-state index contributed by atoms with van der Waals surface area (Å²) in [5.41, 5.74) is 3.07. The highest BCUT2D eigenvalue weighted by atomic mass is 16.5. The van der Waals surface area contributed by atoms with Crippen LogP contribution in [-0.2, 0) is 6.42 Å². The van der Waals surface area contributed by atoms with Crippen LogP contribution < -0.4 is 4.74 Å². The summed E-state index contributed by atoms with van der Waals surface area (Å²) >= 11 is 0. The second kappa shape index (κ2) is 6.84. The van der Waals surface area contributed by atoms with Crippen LogP contribution in [-0.4, -0.2) is 31.1 Å². The molecule has 2 nitrogen and oxygen atoms in total. The van der Waals surface area contributed by atoms with E-state index < -0.39 is 0 Å². The number of hydrogen-bond acceptors (Lipinski definition) is 2. The summed E-state index contributed by atoms with van der Waals surface area (Å²) in [6, 6.07) is 7.46. The Morgan fingerprint density at radius 2 is 2.00 bits per heavy atom. The zero-order chi connectivity index (χ0) is 15.6. The molecule has 0 radical (unpaired) electrons. The summed E-state index contributed by atoms with van der Waals surface area (Å²) in [4.78, 5) is 2.81. The molecule has 0 amide bonds. The van der Waals surface area contributed by atoms with Crippen molar-refractivity contribution in [2.75, 3.05) is 20.2 Å². The van der Waals surface area contributed by atoms with E-state index in [-0.39, 0.29) is 0 Å². The highest BCUT2D eigenvalue weighted by molar-refractivity contribution is 5.45. The third kappa shape index (κ3) is 3.03. The number of rotatable bonds is 5. The second-order valence-electron chi connectivity index (χ2n) is 7.86. The van der Waals surface area contributed by atoms with Gasteiger partial charge >= 0.3 is 0 Å². The molecule has 0 aromatic heterocycles. The van der Waals surface area contributed by atoms with Gasteiger partial charge in [0.1, 0.15) is 5.75 Å². The molecule has 1 aliphatic heterocycles. The Morgan fingerprint density at radius 1 is 1.13 bits per heavy atom. The van der Waals surface area contributed by atoms with E-state index in [0.29, 0.717) is 0 Å².